The first-order valence-electron chi connectivity index (χ1n) is 6.56. The average Bonchev–Trinajstić information content (AvgIpc) is 3.02. The van der Waals surface area contributed by atoms with E-state index in [4.69, 9.17) is 0 Å². The minimum absolute atomic E-state index is 0.234. The molecule has 2 aromatic heterocycles. The molecular formula is C16H14N4O. The van der Waals surface area contributed by atoms with Crippen molar-refractivity contribution in [2.75, 3.05) is 5.32 Å². The minimum atomic E-state index is -0.234. The first-order valence-corrected chi connectivity index (χ1v) is 6.56. The van der Waals surface area contributed by atoms with Gasteiger partial charge in [0.05, 0.1) is 0 Å². The lowest BCUT2D eigenvalue weighted by Crippen LogP contribution is -2.14. The van der Waals surface area contributed by atoms with Crippen molar-refractivity contribution in [2.45, 2.75) is 6.92 Å². The fraction of sp³-hybridized carbons (Fsp3) is 0.0625. The number of hydrogen-bond acceptors (Lipinski definition) is 3. The number of amides is 1. The maximum Gasteiger partial charge on any atom is 0.274 e. The molecule has 0 spiro atoms. The second-order valence-corrected chi connectivity index (χ2v) is 4.67. The number of imidazole rings is 1. The highest BCUT2D eigenvalue weighted by Gasteiger charge is 2.09. The minimum Gasteiger partial charge on any atom is -0.321 e. The third-order valence-corrected chi connectivity index (χ3v) is 3.01. The number of aromatic nitrogens is 3. The molecule has 1 amide bonds. The van der Waals surface area contributed by atoms with Gasteiger partial charge in [0.25, 0.3) is 5.91 Å². The van der Waals surface area contributed by atoms with Crippen molar-refractivity contribution < 1.29 is 4.79 Å². The van der Waals surface area contributed by atoms with Crippen molar-refractivity contribution in [1.29, 1.82) is 0 Å². The number of carbonyl (C=O) groups excluding carboxylic acids is 1. The number of pyridine rings is 1. The number of nitrogens with one attached hydrogen (secondary N) is 1. The van der Waals surface area contributed by atoms with Crippen molar-refractivity contribution in [3.8, 4) is 5.82 Å². The summed E-state index contributed by atoms with van der Waals surface area (Å²) < 4.78 is 1.75. The molecule has 0 unspecified atom stereocenters. The van der Waals surface area contributed by atoms with E-state index in [1.54, 1.807) is 35.4 Å². The van der Waals surface area contributed by atoms with Crippen LogP contribution >= 0.6 is 0 Å². The van der Waals surface area contributed by atoms with Crippen LogP contribution in [0.15, 0.2) is 61.2 Å². The fourth-order valence-corrected chi connectivity index (χ4v) is 2.01. The van der Waals surface area contributed by atoms with Gasteiger partial charge in [0.2, 0.25) is 0 Å². The number of anilines is 1. The molecule has 21 heavy (non-hydrogen) atoms. The molecular weight excluding hydrogens is 264 g/mol. The Morgan fingerprint density at radius 3 is 2.81 bits per heavy atom. The first-order chi connectivity index (χ1) is 10.2. The van der Waals surface area contributed by atoms with E-state index < -0.39 is 0 Å². The summed E-state index contributed by atoms with van der Waals surface area (Å²) in [7, 11) is 0. The van der Waals surface area contributed by atoms with Crippen LogP contribution in [-0.4, -0.2) is 20.4 Å². The molecule has 0 fully saturated rings. The smallest absolute Gasteiger partial charge is 0.274 e. The van der Waals surface area contributed by atoms with Crippen LogP contribution in [0.2, 0.25) is 0 Å². The van der Waals surface area contributed by atoms with Gasteiger partial charge in [-0.1, -0.05) is 18.2 Å². The first kappa shape index (κ1) is 13.1. The largest absolute Gasteiger partial charge is 0.321 e. The van der Waals surface area contributed by atoms with Crippen LogP contribution in [0.5, 0.6) is 0 Å². The third-order valence-electron chi connectivity index (χ3n) is 3.01. The van der Waals surface area contributed by atoms with Crippen LogP contribution in [0.4, 0.5) is 5.69 Å². The van der Waals surface area contributed by atoms with Crippen LogP contribution in [0, 0.1) is 6.92 Å². The van der Waals surface area contributed by atoms with Gasteiger partial charge in [-0.15, -0.1) is 0 Å². The molecule has 0 radical (unpaired) electrons. The lowest BCUT2D eigenvalue weighted by Gasteiger charge is -2.07. The summed E-state index contributed by atoms with van der Waals surface area (Å²) in [5, 5.41) is 2.85. The highest BCUT2D eigenvalue weighted by atomic mass is 16.1. The van der Waals surface area contributed by atoms with Gasteiger partial charge in [0.15, 0.2) is 0 Å². The highest BCUT2D eigenvalue weighted by molar-refractivity contribution is 6.03. The van der Waals surface area contributed by atoms with Gasteiger partial charge in [-0.05, 0) is 36.8 Å². The van der Waals surface area contributed by atoms with Crippen LogP contribution < -0.4 is 5.32 Å². The third kappa shape index (κ3) is 2.97. The number of hydrogen-bond donors (Lipinski definition) is 1. The molecule has 0 saturated carbocycles. The van der Waals surface area contributed by atoms with Gasteiger partial charge >= 0.3 is 0 Å². The molecule has 1 N–H and O–H groups in total. The van der Waals surface area contributed by atoms with Crippen molar-refractivity contribution in [3.63, 3.8) is 0 Å². The zero-order chi connectivity index (χ0) is 14.7. The highest BCUT2D eigenvalue weighted by Crippen LogP contribution is 2.12. The van der Waals surface area contributed by atoms with Crippen molar-refractivity contribution >= 4 is 11.6 Å². The van der Waals surface area contributed by atoms with Gasteiger partial charge in [0.1, 0.15) is 17.8 Å². The zero-order valence-corrected chi connectivity index (χ0v) is 11.5. The molecule has 1 aromatic carbocycles. The lowest BCUT2D eigenvalue weighted by molar-refractivity contribution is 0.102. The Balaban J connectivity index is 1.83. The Bertz CT molecular complexity index is 765. The predicted octanol–water partition coefficient (Wildman–Crippen LogP) is 2.83. The summed E-state index contributed by atoms with van der Waals surface area (Å²) in [4.78, 5) is 20.6. The maximum atomic E-state index is 12.2. The van der Waals surface area contributed by atoms with E-state index in [0.29, 0.717) is 11.5 Å². The number of aryl methyl sites for hydroxylation is 1. The molecule has 0 aliphatic heterocycles. The van der Waals surface area contributed by atoms with Crippen molar-refractivity contribution in [1.82, 2.24) is 14.5 Å². The van der Waals surface area contributed by atoms with Crippen LogP contribution in [0.25, 0.3) is 5.82 Å². The lowest BCUT2D eigenvalue weighted by atomic mass is 10.2. The second kappa shape index (κ2) is 5.58. The van der Waals surface area contributed by atoms with E-state index >= 15 is 0 Å². The van der Waals surface area contributed by atoms with Crippen molar-refractivity contribution in [2.24, 2.45) is 0 Å². The molecule has 0 atom stereocenters. The fourth-order valence-electron chi connectivity index (χ4n) is 2.01. The van der Waals surface area contributed by atoms with Crippen LogP contribution in [0.1, 0.15) is 16.1 Å². The number of rotatable bonds is 3. The molecule has 5 heteroatoms. The number of benzene rings is 1. The zero-order valence-electron chi connectivity index (χ0n) is 11.5. The normalized spacial score (nSPS) is 10.3. The van der Waals surface area contributed by atoms with E-state index in [9.17, 15) is 4.79 Å². The van der Waals surface area contributed by atoms with E-state index in [2.05, 4.69) is 15.3 Å². The number of nitrogens with zero attached hydrogens (tertiary/aromatic N) is 3. The topological polar surface area (TPSA) is 59.8 Å². The Labute approximate surface area is 122 Å². The number of carbonyl (C=O) groups is 1. The molecule has 0 aliphatic carbocycles. The van der Waals surface area contributed by atoms with E-state index in [1.807, 2.05) is 37.3 Å². The van der Waals surface area contributed by atoms with Gasteiger partial charge < -0.3 is 5.32 Å². The Morgan fingerprint density at radius 1 is 1.19 bits per heavy atom. The summed E-state index contributed by atoms with van der Waals surface area (Å²) in [5.41, 5.74) is 2.21. The van der Waals surface area contributed by atoms with E-state index in [0.717, 1.165) is 11.3 Å². The van der Waals surface area contributed by atoms with Gasteiger partial charge in [-0.3, -0.25) is 9.36 Å². The Morgan fingerprint density at radius 2 is 2.05 bits per heavy atom. The van der Waals surface area contributed by atoms with E-state index in [1.165, 1.54) is 0 Å². The quantitative estimate of drug-likeness (QED) is 0.801. The van der Waals surface area contributed by atoms with Gasteiger partial charge in [-0.25, -0.2) is 9.97 Å². The molecule has 5 nitrogen and oxygen atoms in total. The van der Waals surface area contributed by atoms with Crippen LogP contribution in [-0.2, 0) is 0 Å². The molecule has 0 bridgehead atoms. The standard InChI is InChI=1S/C16H14N4O/c1-12-4-2-5-13(10-12)18-16(21)14-6-3-7-15(19-14)20-9-8-17-11-20/h2-11H,1H3,(H,18,21). The maximum absolute atomic E-state index is 12.2. The molecule has 3 rings (SSSR count). The molecule has 3 aromatic rings. The molecule has 104 valence electrons. The SMILES string of the molecule is Cc1cccc(NC(=O)c2cccc(-n3ccnc3)n2)c1. The van der Waals surface area contributed by atoms with Gasteiger partial charge in [-0.2, -0.15) is 0 Å². The summed E-state index contributed by atoms with van der Waals surface area (Å²) in [6.07, 6.45) is 5.09. The summed E-state index contributed by atoms with van der Waals surface area (Å²) >= 11 is 0. The van der Waals surface area contributed by atoms with Crippen molar-refractivity contribution in [3.05, 3.63) is 72.4 Å². The average molecular weight is 278 g/mol. The summed E-state index contributed by atoms with van der Waals surface area (Å²) in [5.74, 6) is 0.423. The Hall–Kier alpha value is -2.95. The second-order valence-electron chi connectivity index (χ2n) is 4.67. The van der Waals surface area contributed by atoms with Crippen LogP contribution in [0.3, 0.4) is 0 Å². The molecule has 2 heterocycles. The summed E-state index contributed by atoms with van der Waals surface area (Å²) in [6.45, 7) is 1.98. The predicted molar refractivity (Wildman–Crippen MR) is 80.5 cm³/mol. The van der Waals surface area contributed by atoms with E-state index in [-0.39, 0.29) is 5.91 Å². The summed E-state index contributed by atoms with van der Waals surface area (Å²) in [6, 6.07) is 13.0. The Kier molecular flexibility index (Phi) is 3.47. The molecule has 0 saturated heterocycles. The van der Waals surface area contributed by atoms with Gasteiger partial charge in [0, 0.05) is 18.1 Å². The monoisotopic (exact) mass is 278 g/mol. The molecule has 0 aliphatic rings.